The molecule has 0 spiro atoms. The molecule has 0 unspecified atom stereocenters. The number of nitrogens with two attached hydrogens (primary N) is 2. The van der Waals surface area contributed by atoms with Crippen LogP contribution < -0.4 is 16.2 Å². The number of benzene rings is 2. The Labute approximate surface area is 157 Å². The third kappa shape index (κ3) is 3.03. The lowest BCUT2D eigenvalue weighted by atomic mass is 9.79. The molecule has 5 nitrogen and oxygen atoms in total. The number of fused-ring (bicyclic) bond motifs is 1. The van der Waals surface area contributed by atoms with Crippen LogP contribution in [-0.4, -0.2) is 9.97 Å². The molecular formula is C20H21ClN4O. The minimum atomic E-state index is -0.425. The number of aromatic nitrogens is 2. The van der Waals surface area contributed by atoms with Crippen LogP contribution in [0.4, 0.5) is 11.8 Å². The lowest BCUT2D eigenvalue weighted by Crippen LogP contribution is -2.35. The average molecular weight is 369 g/mol. The summed E-state index contributed by atoms with van der Waals surface area (Å²) in [5.74, 6) is 1.18. The second-order valence-electron chi connectivity index (χ2n) is 6.78. The largest absolute Gasteiger partial charge is 0.482 e. The van der Waals surface area contributed by atoms with Gasteiger partial charge < -0.3 is 16.2 Å². The topological polar surface area (TPSA) is 87.0 Å². The van der Waals surface area contributed by atoms with Crippen molar-refractivity contribution in [3.05, 3.63) is 53.1 Å². The Morgan fingerprint density at radius 2 is 1.73 bits per heavy atom. The van der Waals surface area contributed by atoms with E-state index in [1.807, 2.05) is 36.4 Å². The molecule has 1 aromatic heterocycles. The number of halogens is 1. The van der Waals surface area contributed by atoms with Crippen LogP contribution in [0.2, 0.25) is 5.02 Å². The third-order valence-corrected chi connectivity index (χ3v) is 5.28. The molecular weight excluding hydrogens is 348 g/mol. The van der Waals surface area contributed by atoms with Gasteiger partial charge in [-0.25, -0.2) is 4.98 Å². The first-order valence-corrected chi connectivity index (χ1v) is 9.22. The summed E-state index contributed by atoms with van der Waals surface area (Å²) in [4.78, 5) is 8.39. The van der Waals surface area contributed by atoms with Crippen LogP contribution in [0.15, 0.2) is 42.5 Å². The minimum Gasteiger partial charge on any atom is -0.482 e. The van der Waals surface area contributed by atoms with E-state index in [-0.39, 0.29) is 5.95 Å². The molecule has 0 radical (unpaired) electrons. The molecule has 1 aliphatic carbocycles. The summed E-state index contributed by atoms with van der Waals surface area (Å²) in [5, 5.41) is 1.42. The SMILES string of the molecule is Nc1nc(N)c2c(OC3(c4cccc(Cl)c4)CCCCC3)cccc2n1. The van der Waals surface area contributed by atoms with Gasteiger partial charge in [-0.2, -0.15) is 4.98 Å². The maximum absolute atomic E-state index is 6.66. The van der Waals surface area contributed by atoms with Crippen molar-refractivity contribution < 1.29 is 4.74 Å². The Kier molecular flexibility index (Phi) is 4.32. The molecule has 1 saturated carbocycles. The van der Waals surface area contributed by atoms with Gasteiger partial charge in [0.2, 0.25) is 5.95 Å². The molecule has 0 aliphatic heterocycles. The molecule has 2 aromatic carbocycles. The Morgan fingerprint density at radius 3 is 2.50 bits per heavy atom. The Morgan fingerprint density at radius 1 is 0.962 bits per heavy atom. The lowest BCUT2D eigenvalue weighted by Gasteiger charge is -2.38. The van der Waals surface area contributed by atoms with Crippen LogP contribution in [0.3, 0.4) is 0 Å². The summed E-state index contributed by atoms with van der Waals surface area (Å²) in [7, 11) is 0. The van der Waals surface area contributed by atoms with Crippen molar-refractivity contribution in [1.29, 1.82) is 0 Å². The Bertz CT molecular complexity index is 954. The quantitative estimate of drug-likeness (QED) is 0.700. The maximum atomic E-state index is 6.66. The fourth-order valence-corrected chi connectivity index (χ4v) is 4.03. The normalized spacial score (nSPS) is 16.5. The zero-order valence-electron chi connectivity index (χ0n) is 14.4. The first-order chi connectivity index (χ1) is 12.6. The highest BCUT2D eigenvalue weighted by Gasteiger charge is 2.37. The summed E-state index contributed by atoms with van der Waals surface area (Å²) in [6.07, 6.45) is 5.29. The first kappa shape index (κ1) is 16.9. The molecule has 0 amide bonds. The van der Waals surface area contributed by atoms with E-state index >= 15 is 0 Å². The van der Waals surface area contributed by atoms with Crippen LogP contribution >= 0.6 is 11.6 Å². The van der Waals surface area contributed by atoms with Gasteiger partial charge >= 0.3 is 0 Å². The molecule has 4 rings (SSSR count). The Hall–Kier alpha value is -2.53. The predicted octanol–water partition coefficient (Wildman–Crippen LogP) is 4.69. The van der Waals surface area contributed by atoms with E-state index in [2.05, 4.69) is 16.0 Å². The number of hydrogen-bond acceptors (Lipinski definition) is 5. The van der Waals surface area contributed by atoms with Gasteiger partial charge in [0, 0.05) is 5.02 Å². The zero-order valence-corrected chi connectivity index (χ0v) is 15.2. The van der Waals surface area contributed by atoms with Crippen molar-refractivity contribution in [2.75, 3.05) is 11.5 Å². The standard InChI is InChI=1S/C20H21ClN4O/c21-14-7-4-6-13(12-14)20(10-2-1-3-11-20)26-16-9-5-8-15-17(16)18(22)25-19(23)24-15/h4-9,12H,1-3,10-11H2,(H4,22,23,24,25). The van der Waals surface area contributed by atoms with E-state index in [9.17, 15) is 0 Å². The molecule has 0 bridgehead atoms. The lowest BCUT2D eigenvalue weighted by molar-refractivity contribution is 0.0279. The second-order valence-corrected chi connectivity index (χ2v) is 7.22. The second kappa shape index (κ2) is 6.65. The van der Waals surface area contributed by atoms with Gasteiger partial charge in [-0.3, -0.25) is 0 Å². The molecule has 26 heavy (non-hydrogen) atoms. The number of ether oxygens (including phenoxy) is 1. The van der Waals surface area contributed by atoms with E-state index in [4.69, 9.17) is 27.8 Å². The number of rotatable bonds is 3. The highest BCUT2D eigenvalue weighted by Crippen LogP contribution is 2.43. The molecule has 3 aromatic rings. The van der Waals surface area contributed by atoms with Crippen molar-refractivity contribution in [2.24, 2.45) is 0 Å². The van der Waals surface area contributed by atoms with E-state index in [0.717, 1.165) is 31.2 Å². The number of nitrogen functional groups attached to an aromatic ring is 2. The summed E-state index contributed by atoms with van der Waals surface area (Å²) in [6, 6.07) is 13.6. The van der Waals surface area contributed by atoms with Gasteiger partial charge in [0.25, 0.3) is 0 Å². The molecule has 1 heterocycles. The molecule has 0 atom stereocenters. The van der Waals surface area contributed by atoms with Crippen molar-refractivity contribution in [1.82, 2.24) is 9.97 Å². The van der Waals surface area contributed by atoms with Crippen LogP contribution in [0.1, 0.15) is 37.7 Å². The van der Waals surface area contributed by atoms with Crippen molar-refractivity contribution in [3.63, 3.8) is 0 Å². The van der Waals surface area contributed by atoms with Crippen LogP contribution in [0, 0.1) is 0 Å². The smallest absolute Gasteiger partial charge is 0.222 e. The van der Waals surface area contributed by atoms with Gasteiger partial charge in [-0.05, 0) is 55.5 Å². The van der Waals surface area contributed by atoms with E-state index in [0.29, 0.717) is 27.5 Å². The Balaban J connectivity index is 1.84. The van der Waals surface area contributed by atoms with Gasteiger partial charge in [-0.15, -0.1) is 0 Å². The maximum Gasteiger partial charge on any atom is 0.222 e. The predicted molar refractivity (Wildman–Crippen MR) is 105 cm³/mol. The van der Waals surface area contributed by atoms with Crippen molar-refractivity contribution in [2.45, 2.75) is 37.7 Å². The fraction of sp³-hybridized carbons (Fsp3) is 0.300. The molecule has 1 fully saturated rings. The number of hydrogen-bond donors (Lipinski definition) is 2. The minimum absolute atomic E-state index is 0.161. The van der Waals surface area contributed by atoms with E-state index in [1.165, 1.54) is 6.42 Å². The first-order valence-electron chi connectivity index (χ1n) is 8.84. The number of nitrogens with zero attached hydrogens (tertiary/aromatic N) is 2. The molecule has 4 N–H and O–H groups in total. The summed E-state index contributed by atoms with van der Waals surface area (Å²) in [6.45, 7) is 0. The van der Waals surface area contributed by atoms with Crippen LogP contribution in [0.25, 0.3) is 10.9 Å². The van der Waals surface area contributed by atoms with Crippen LogP contribution in [0.5, 0.6) is 5.75 Å². The molecule has 0 saturated heterocycles. The average Bonchev–Trinajstić information content (AvgIpc) is 2.62. The van der Waals surface area contributed by atoms with Crippen LogP contribution in [-0.2, 0) is 5.60 Å². The van der Waals surface area contributed by atoms with Gasteiger partial charge in [0.1, 0.15) is 17.2 Å². The van der Waals surface area contributed by atoms with Gasteiger partial charge in [0.15, 0.2) is 0 Å². The fourth-order valence-electron chi connectivity index (χ4n) is 3.84. The third-order valence-electron chi connectivity index (χ3n) is 5.05. The van der Waals surface area contributed by atoms with E-state index in [1.54, 1.807) is 0 Å². The van der Waals surface area contributed by atoms with Gasteiger partial charge in [0.05, 0.1) is 10.9 Å². The highest BCUT2D eigenvalue weighted by molar-refractivity contribution is 6.30. The molecule has 6 heteroatoms. The monoisotopic (exact) mass is 368 g/mol. The summed E-state index contributed by atoms with van der Waals surface area (Å²) < 4.78 is 6.66. The summed E-state index contributed by atoms with van der Waals surface area (Å²) >= 11 is 6.26. The molecule has 1 aliphatic rings. The van der Waals surface area contributed by atoms with Crippen molar-refractivity contribution in [3.8, 4) is 5.75 Å². The molecule has 134 valence electrons. The number of anilines is 2. The van der Waals surface area contributed by atoms with Gasteiger partial charge in [-0.1, -0.05) is 36.2 Å². The highest BCUT2D eigenvalue weighted by atomic mass is 35.5. The van der Waals surface area contributed by atoms with Crippen molar-refractivity contribution >= 4 is 34.3 Å². The summed E-state index contributed by atoms with van der Waals surface area (Å²) in [5.41, 5.74) is 13.2. The van der Waals surface area contributed by atoms with E-state index < -0.39 is 5.60 Å². The zero-order chi connectivity index (χ0) is 18.1.